The molecular formula is C24H38N6. The van der Waals surface area contributed by atoms with Gasteiger partial charge in [-0.3, -0.25) is 4.68 Å². The summed E-state index contributed by atoms with van der Waals surface area (Å²) < 4.78 is 1.86. The van der Waals surface area contributed by atoms with E-state index in [0.717, 1.165) is 53.0 Å². The molecule has 0 radical (unpaired) electrons. The standard InChI is InChI=1S/C24H38N6/c1-16-11-26-29(6)23(16)21-7-8-22(28-27-21)25-12-18-9-19-14-30(15-20(19)10-18)13-17(2)24(3,4)5/h7-8,11,17-20H,9-10,12-15H2,1-6H3,(H,25,28)/t17?,18-,19+,20?/m1/s1. The zero-order chi connectivity index (χ0) is 21.5. The van der Waals surface area contributed by atoms with Crippen LogP contribution < -0.4 is 5.32 Å². The average molecular weight is 411 g/mol. The van der Waals surface area contributed by atoms with Crippen LogP contribution in [0.2, 0.25) is 0 Å². The second-order valence-electron chi connectivity index (χ2n) is 10.8. The Bertz CT molecular complexity index is 816. The van der Waals surface area contributed by atoms with Crippen molar-refractivity contribution in [2.75, 3.05) is 31.5 Å². The summed E-state index contributed by atoms with van der Waals surface area (Å²) in [5.74, 6) is 4.13. The molecule has 0 aromatic carbocycles. The lowest BCUT2D eigenvalue weighted by molar-refractivity contribution is 0.173. The van der Waals surface area contributed by atoms with E-state index in [2.05, 4.69) is 60.1 Å². The third-order valence-electron chi connectivity index (χ3n) is 7.54. The number of fused-ring (bicyclic) bond motifs is 1. The minimum Gasteiger partial charge on any atom is -0.368 e. The van der Waals surface area contributed by atoms with Crippen LogP contribution in [0.25, 0.3) is 11.4 Å². The van der Waals surface area contributed by atoms with Gasteiger partial charge in [0.15, 0.2) is 0 Å². The van der Waals surface area contributed by atoms with Crippen molar-refractivity contribution in [2.45, 2.75) is 47.5 Å². The lowest BCUT2D eigenvalue weighted by Gasteiger charge is -2.31. The minimum absolute atomic E-state index is 0.399. The zero-order valence-electron chi connectivity index (χ0n) is 19.5. The lowest BCUT2D eigenvalue weighted by atomic mass is 9.82. The van der Waals surface area contributed by atoms with Gasteiger partial charge in [-0.2, -0.15) is 5.10 Å². The maximum Gasteiger partial charge on any atom is 0.148 e. The van der Waals surface area contributed by atoms with Crippen LogP contribution in [-0.4, -0.2) is 51.1 Å². The molecule has 1 aliphatic carbocycles. The van der Waals surface area contributed by atoms with E-state index in [9.17, 15) is 0 Å². The number of aromatic nitrogens is 4. The molecule has 1 saturated heterocycles. The highest BCUT2D eigenvalue weighted by atomic mass is 15.3. The zero-order valence-corrected chi connectivity index (χ0v) is 19.5. The Labute approximate surface area is 181 Å². The monoisotopic (exact) mass is 410 g/mol. The van der Waals surface area contributed by atoms with Gasteiger partial charge in [0.1, 0.15) is 11.5 Å². The predicted molar refractivity (Wildman–Crippen MR) is 122 cm³/mol. The van der Waals surface area contributed by atoms with Crippen LogP contribution in [0.4, 0.5) is 5.82 Å². The van der Waals surface area contributed by atoms with Crippen molar-refractivity contribution in [3.63, 3.8) is 0 Å². The molecule has 2 aliphatic rings. The van der Waals surface area contributed by atoms with Crippen LogP contribution in [0, 0.1) is 36.0 Å². The Morgan fingerprint density at radius 2 is 1.83 bits per heavy atom. The molecule has 1 saturated carbocycles. The van der Waals surface area contributed by atoms with Crippen LogP contribution in [0.3, 0.4) is 0 Å². The Morgan fingerprint density at radius 1 is 1.13 bits per heavy atom. The maximum atomic E-state index is 4.42. The first-order valence-electron chi connectivity index (χ1n) is 11.5. The van der Waals surface area contributed by atoms with Gasteiger partial charge in [-0.05, 0) is 66.5 Å². The first-order valence-corrected chi connectivity index (χ1v) is 11.5. The number of aryl methyl sites for hydroxylation is 2. The van der Waals surface area contributed by atoms with Gasteiger partial charge in [0.2, 0.25) is 0 Å². The largest absolute Gasteiger partial charge is 0.368 e. The Kier molecular flexibility index (Phi) is 5.88. The Morgan fingerprint density at radius 3 is 2.37 bits per heavy atom. The van der Waals surface area contributed by atoms with E-state index in [1.165, 1.54) is 32.5 Å². The molecule has 0 spiro atoms. The summed E-state index contributed by atoms with van der Waals surface area (Å²) in [5.41, 5.74) is 3.42. The van der Waals surface area contributed by atoms with Crippen LogP contribution in [0.5, 0.6) is 0 Å². The van der Waals surface area contributed by atoms with Gasteiger partial charge in [0, 0.05) is 33.2 Å². The molecule has 164 valence electrons. The van der Waals surface area contributed by atoms with Crippen molar-refractivity contribution >= 4 is 5.82 Å². The number of anilines is 1. The van der Waals surface area contributed by atoms with Crippen LogP contribution in [0.15, 0.2) is 18.3 Å². The van der Waals surface area contributed by atoms with Crippen molar-refractivity contribution in [3.8, 4) is 11.4 Å². The molecule has 2 aromatic rings. The Hall–Kier alpha value is -1.95. The number of likely N-dealkylation sites (tertiary alicyclic amines) is 1. The van der Waals surface area contributed by atoms with E-state index in [1.807, 2.05) is 30.1 Å². The molecule has 6 nitrogen and oxygen atoms in total. The SMILES string of the molecule is Cc1cnn(C)c1-c1ccc(NC[C@H]2CC3CN(CC(C)C(C)(C)C)C[C@@H]3C2)nn1. The normalized spacial score (nSPS) is 25.5. The quantitative estimate of drug-likeness (QED) is 0.772. The molecule has 0 amide bonds. The highest BCUT2D eigenvalue weighted by Crippen LogP contribution is 2.42. The van der Waals surface area contributed by atoms with Crippen molar-refractivity contribution in [3.05, 3.63) is 23.9 Å². The van der Waals surface area contributed by atoms with Crippen molar-refractivity contribution < 1.29 is 0 Å². The highest BCUT2D eigenvalue weighted by Gasteiger charge is 2.41. The molecule has 2 fully saturated rings. The van der Waals surface area contributed by atoms with E-state index >= 15 is 0 Å². The summed E-state index contributed by atoms with van der Waals surface area (Å²) >= 11 is 0. The van der Waals surface area contributed by atoms with Gasteiger partial charge < -0.3 is 10.2 Å². The second-order valence-corrected chi connectivity index (χ2v) is 10.8. The fourth-order valence-electron chi connectivity index (χ4n) is 5.22. The van der Waals surface area contributed by atoms with Gasteiger partial charge in [-0.15, -0.1) is 10.2 Å². The summed E-state index contributed by atoms with van der Waals surface area (Å²) in [6.07, 6.45) is 4.56. The van der Waals surface area contributed by atoms with Gasteiger partial charge >= 0.3 is 0 Å². The van der Waals surface area contributed by atoms with Gasteiger partial charge in [0.05, 0.1) is 11.9 Å². The third-order valence-corrected chi connectivity index (χ3v) is 7.54. The average Bonchev–Trinajstić information content (AvgIpc) is 3.33. The molecule has 4 rings (SSSR count). The molecule has 2 unspecified atom stereocenters. The van der Waals surface area contributed by atoms with Crippen molar-refractivity contribution in [1.29, 1.82) is 0 Å². The van der Waals surface area contributed by atoms with Crippen molar-refractivity contribution in [2.24, 2.45) is 36.1 Å². The third kappa shape index (κ3) is 4.53. The fraction of sp³-hybridized carbons (Fsp3) is 0.708. The van der Waals surface area contributed by atoms with Crippen LogP contribution in [-0.2, 0) is 7.05 Å². The number of hydrogen-bond donors (Lipinski definition) is 1. The first kappa shape index (κ1) is 21.3. The molecule has 4 atom stereocenters. The number of nitrogens with zero attached hydrogens (tertiary/aromatic N) is 5. The van der Waals surface area contributed by atoms with Gasteiger partial charge in [-0.1, -0.05) is 27.7 Å². The molecule has 3 heterocycles. The van der Waals surface area contributed by atoms with E-state index in [1.54, 1.807) is 0 Å². The van der Waals surface area contributed by atoms with Crippen LogP contribution in [0.1, 0.15) is 46.1 Å². The summed E-state index contributed by atoms with van der Waals surface area (Å²) in [6, 6.07) is 4.08. The molecule has 1 N–H and O–H groups in total. The maximum absolute atomic E-state index is 4.42. The van der Waals surface area contributed by atoms with E-state index in [0.29, 0.717) is 5.41 Å². The molecule has 0 bridgehead atoms. The van der Waals surface area contributed by atoms with Crippen molar-refractivity contribution in [1.82, 2.24) is 24.9 Å². The van der Waals surface area contributed by atoms with E-state index in [-0.39, 0.29) is 0 Å². The summed E-state index contributed by atoms with van der Waals surface area (Å²) in [5, 5.41) is 16.7. The number of hydrogen-bond acceptors (Lipinski definition) is 5. The van der Waals surface area contributed by atoms with Gasteiger partial charge in [0.25, 0.3) is 0 Å². The molecule has 1 aliphatic heterocycles. The second kappa shape index (κ2) is 8.29. The highest BCUT2D eigenvalue weighted by molar-refractivity contribution is 5.59. The smallest absolute Gasteiger partial charge is 0.148 e. The summed E-state index contributed by atoms with van der Waals surface area (Å²) in [6.45, 7) is 16.4. The van der Waals surface area contributed by atoms with E-state index in [4.69, 9.17) is 0 Å². The summed E-state index contributed by atoms with van der Waals surface area (Å²) in [4.78, 5) is 2.72. The Balaban J connectivity index is 1.25. The van der Waals surface area contributed by atoms with E-state index < -0.39 is 0 Å². The lowest BCUT2D eigenvalue weighted by Crippen LogP contribution is -2.33. The summed E-state index contributed by atoms with van der Waals surface area (Å²) in [7, 11) is 1.94. The molecule has 6 heteroatoms. The first-order chi connectivity index (χ1) is 14.2. The molecule has 2 aromatic heterocycles. The topological polar surface area (TPSA) is 58.9 Å². The van der Waals surface area contributed by atoms with Gasteiger partial charge in [-0.25, -0.2) is 0 Å². The number of rotatable bonds is 6. The number of nitrogens with one attached hydrogen (secondary N) is 1. The predicted octanol–water partition coefficient (Wildman–Crippen LogP) is 4.24. The molecule has 30 heavy (non-hydrogen) atoms. The fourth-order valence-corrected chi connectivity index (χ4v) is 5.22. The molecular weight excluding hydrogens is 372 g/mol. The minimum atomic E-state index is 0.399. The van der Waals surface area contributed by atoms with Crippen LogP contribution >= 0.6 is 0 Å².